The summed E-state index contributed by atoms with van der Waals surface area (Å²) in [5.41, 5.74) is 1.57. The molecule has 0 saturated carbocycles. The second kappa shape index (κ2) is 5.20. The van der Waals surface area contributed by atoms with Crippen molar-refractivity contribution in [3.05, 3.63) is 44.8 Å². The normalized spacial score (nSPS) is 10.5. The minimum atomic E-state index is -0.399. The van der Waals surface area contributed by atoms with Crippen molar-refractivity contribution in [2.45, 2.75) is 13.8 Å². The zero-order valence-corrected chi connectivity index (χ0v) is 12.0. The summed E-state index contributed by atoms with van der Waals surface area (Å²) in [6.07, 6.45) is 0. The van der Waals surface area contributed by atoms with Crippen LogP contribution in [0.1, 0.15) is 11.1 Å². The first kappa shape index (κ1) is 13.2. The Morgan fingerprint density at radius 3 is 2.61 bits per heavy atom. The highest BCUT2D eigenvalue weighted by atomic mass is 79.9. The lowest BCUT2D eigenvalue weighted by atomic mass is 10.2. The largest absolute Gasteiger partial charge is 0.437 e. The lowest BCUT2D eigenvalue weighted by Gasteiger charge is -2.09. The smallest absolute Gasteiger partial charge is 0.242 e. The molecular weight excluding hydrogens is 323 g/mol. The highest BCUT2D eigenvalue weighted by molar-refractivity contribution is 9.10. The van der Waals surface area contributed by atoms with Crippen LogP contribution in [0.4, 0.5) is 4.39 Å². The monoisotopic (exact) mass is 330 g/mol. The van der Waals surface area contributed by atoms with Crippen molar-refractivity contribution in [2.75, 3.05) is 0 Å². The number of aromatic nitrogens is 2. The average molecular weight is 332 g/mol. The molecule has 94 valence electrons. The lowest BCUT2D eigenvalue weighted by molar-refractivity contribution is 0.445. The van der Waals surface area contributed by atoms with Crippen LogP contribution in [-0.4, -0.2) is 10.2 Å². The van der Waals surface area contributed by atoms with E-state index < -0.39 is 5.82 Å². The number of rotatable bonds is 2. The Kier molecular flexibility index (Phi) is 3.82. The average Bonchev–Trinajstić information content (AvgIpc) is 2.34. The molecule has 1 aromatic carbocycles. The highest BCUT2D eigenvalue weighted by Gasteiger charge is 2.11. The summed E-state index contributed by atoms with van der Waals surface area (Å²) in [6, 6.07) is 4.48. The minimum Gasteiger partial charge on any atom is -0.437 e. The number of nitrogens with zero attached hydrogens (tertiary/aromatic N) is 2. The third kappa shape index (κ3) is 2.62. The maximum absolute atomic E-state index is 13.3. The molecule has 0 aliphatic rings. The van der Waals surface area contributed by atoms with E-state index in [2.05, 4.69) is 26.1 Å². The molecule has 1 heterocycles. The van der Waals surface area contributed by atoms with Crippen LogP contribution in [0, 0.1) is 19.7 Å². The molecule has 0 bridgehead atoms. The van der Waals surface area contributed by atoms with Crippen LogP contribution < -0.4 is 4.74 Å². The minimum absolute atomic E-state index is 0.318. The first-order chi connectivity index (χ1) is 8.49. The Labute approximate surface area is 117 Å². The number of ether oxygens (including phenoxy) is 1. The van der Waals surface area contributed by atoms with E-state index in [4.69, 9.17) is 16.3 Å². The summed E-state index contributed by atoms with van der Waals surface area (Å²) in [5.74, 6) is 0.275. The van der Waals surface area contributed by atoms with Gasteiger partial charge in [0.05, 0.1) is 4.47 Å². The Morgan fingerprint density at radius 1 is 1.22 bits per heavy atom. The SMILES string of the molecule is Cc1c(Cl)nnc(Oc2ccc(Br)c(F)c2)c1C. The van der Waals surface area contributed by atoms with Gasteiger partial charge in [0.1, 0.15) is 11.6 Å². The predicted molar refractivity (Wildman–Crippen MR) is 70.7 cm³/mol. The second-order valence-corrected chi connectivity index (χ2v) is 4.94. The third-order valence-corrected chi connectivity index (χ3v) is 3.53. The van der Waals surface area contributed by atoms with Gasteiger partial charge >= 0.3 is 0 Å². The van der Waals surface area contributed by atoms with Crippen LogP contribution in [0.3, 0.4) is 0 Å². The van der Waals surface area contributed by atoms with Crippen LogP contribution in [0.2, 0.25) is 5.15 Å². The van der Waals surface area contributed by atoms with Crippen molar-refractivity contribution >= 4 is 27.5 Å². The number of halogens is 3. The molecule has 0 N–H and O–H groups in total. The summed E-state index contributed by atoms with van der Waals surface area (Å²) in [4.78, 5) is 0. The fourth-order valence-corrected chi connectivity index (χ4v) is 1.73. The highest BCUT2D eigenvalue weighted by Crippen LogP contribution is 2.28. The molecule has 0 saturated heterocycles. The summed E-state index contributed by atoms with van der Waals surface area (Å²) in [7, 11) is 0. The summed E-state index contributed by atoms with van der Waals surface area (Å²) in [6.45, 7) is 3.64. The fourth-order valence-electron chi connectivity index (χ4n) is 1.30. The van der Waals surface area contributed by atoms with Gasteiger partial charge in [0, 0.05) is 11.6 Å². The Hall–Kier alpha value is -1.20. The standard InChI is InChI=1S/C12H9BrClFN2O/c1-6-7(2)12(17-16-11(6)14)18-8-3-4-9(13)10(15)5-8/h3-5H,1-2H3. The molecule has 2 rings (SSSR count). The van der Waals surface area contributed by atoms with Crippen molar-refractivity contribution in [1.82, 2.24) is 10.2 Å². The van der Waals surface area contributed by atoms with Crippen LogP contribution in [0.15, 0.2) is 22.7 Å². The van der Waals surface area contributed by atoms with Gasteiger partial charge in [0.25, 0.3) is 0 Å². The lowest BCUT2D eigenvalue weighted by Crippen LogP contribution is -1.97. The molecule has 0 aliphatic heterocycles. The fraction of sp³-hybridized carbons (Fsp3) is 0.167. The summed E-state index contributed by atoms with van der Waals surface area (Å²) >= 11 is 8.91. The van der Waals surface area contributed by atoms with Gasteiger partial charge in [-0.3, -0.25) is 0 Å². The van der Waals surface area contributed by atoms with Gasteiger partial charge in [-0.05, 0) is 47.5 Å². The molecule has 2 aromatic rings. The van der Waals surface area contributed by atoms with E-state index in [1.807, 2.05) is 13.8 Å². The van der Waals surface area contributed by atoms with Crippen LogP contribution in [-0.2, 0) is 0 Å². The predicted octanol–water partition coefficient (Wildman–Crippen LogP) is 4.44. The molecule has 0 aliphatic carbocycles. The van der Waals surface area contributed by atoms with Gasteiger partial charge in [-0.2, -0.15) is 0 Å². The number of hydrogen-bond donors (Lipinski definition) is 0. The molecule has 0 atom stereocenters. The molecule has 0 fully saturated rings. The first-order valence-electron chi connectivity index (χ1n) is 5.11. The Morgan fingerprint density at radius 2 is 1.94 bits per heavy atom. The Bertz CT molecular complexity index is 607. The van der Waals surface area contributed by atoms with E-state index in [0.717, 1.165) is 11.1 Å². The molecule has 1 aromatic heterocycles. The molecule has 6 heteroatoms. The van der Waals surface area contributed by atoms with E-state index in [9.17, 15) is 4.39 Å². The van der Waals surface area contributed by atoms with Crippen molar-refractivity contribution < 1.29 is 9.13 Å². The van der Waals surface area contributed by atoms with Crippen molar-refractivity contribution in [2.24, 2.45) is 0 Å². The first-order valence-corrected chi connectivity index (χ1v) is 6.28. The molecule has 0 unspecified atom stereocenters. The zero-order valence-electron chi connectivity index (χ0n) is 9.67. The van der Waals surface area contributed by atoms with Crippen molar-refractivity contribution in [1.29, 1.82) is 0 Å². The van der Waals surface area contributed by atoms with E-state index in [0.29, 0.717) is 21.3 Å². The van der Waals surface area contributed by atoms with Gasteiger partial charge < -0.3 is 4.74 Å². The second-order valence-electron chi connectivity index (χ2n) is 3.72. The van der Waals surface area contributed by atoms with Crippen LogP contribution >= 0.6 is 27.5 Å². The zero-order chi connectivity index (χ0) is 13.3. The van der Waals surface area contributed by atoms with E-state index >= 15 is 0 Å². The van der Waals surface area contributed by atoms with E-state index in [-0.39, 0.29) is 0 Å². The van der Waals surface area contributed by atoms with Gasteiger partial charge in [-0.15, -0.1) is 10.2 Å². The molecule has 3 nitrogen and oxygen atoms in total. The molecule has 0 amide bonds. The molecule has 0 spiro atoms. The van der Waals surface area contributed by atoms with E-state index in [1.165, 1.54) is 6.07 Å². The molecule has 18 heavy (non-hydrogen) atoms. The molecular formula is C12H9BrClFN2O. The van der Waals surface area contributed by atoms with Crippen molar-refractivity contribution in [3.63, 3.8) is 0 Å². The Balaban J connectivity index is 2.34. The van der Waals surface area contributed by atoms with Gasteiger partial charge in [0.2, 0.25) is 5.88 Å². The van der Waals surface area contributed by atoms with Gasteiger partial charge in [-0.25, -0.2) is 4.39 Å². The third-order valence-electron chi connectivity index (χ3n) is 2.53. The summed E-state index contributed by atoms with van der Waals surface area (Å²) < 4.78 is 19.2. The maximum atomic E-state index is 13.3. The topological polar surface area (TPSA) is 35.0 Å². The quantitative estimate of drug-likeness (QED) is 0.816. The molecule has 0 radical (unpaired) electrons. The van der Waals surface area contributed by atoms with Crippen LogP contribution in [0.25, 0.3) is 0 Å². The van der Waals surface area contributed by atoms with Gasteiger partial charge in [0.15, 0.2) is 5.15 Å². The van der Waals surface area contributed by atoms with Crippen molar-refractivity contribution in [3.8, 4) is 11.6 Å². The van der Waals surface area contributed by atoms with Crippen LogP contribution in [0.5, 0.6) is 11.6 Å². The maximum Gasteiger partial charge on any atom is 0.242 e. The van der Waals surface area contributed by atoms with E-state index in [1.54, 1.807) is 12.1 Å². The number of benzene rings is 1. The summed E-state index contributed by atoms with van der Waals surface area (Å²) in [5, 5.41) is 7.95. The van der Waals surface area contributed by atoms with Gasteiger partial charge in [-0.1, -0.05) is 11.6 Å². The number of hydrogen-bond acceptors (Lipinski definition) is 3.